The van der Waals surface area contributed by atoms with Crippen LogP contribution in [0.25, 0.3) is 0 Å². The number of ether oxygens (including phenoxy) is 1. The summed E-state index contributed by atoms with van der Waals surface area (Å²) in [5, 5.41) is 24.8. The highest BCUT2D eigenvalue weighted by Crippen LogP contribution is 2.26. The lowest BCUT2D eigenvalue weighted by molar-refractivity contribution is -0.386. The highest BCUT2D eigenvalue weighted by atomic mass is 16.6. The maximum atomic E-state index is 12.6. The van der Waals surface area contributed by atoms with Gasteiger partial charge in [0.25, 0.3) is 11.8 Å². The van der Waals surface area contributed by atoms with E-state index < -0.39 is 10.8 Å². The number of nitro groups is 1. The predicted molar refractivity (Wildman–Crippen MR) is 114 cm³/mol. The summed E-state index contributed by atoms with van der Waals surface area (Å²) in [4.78, 5) is 35.5. The van der Waals surface area contributed by atoms with Crippen molar-refractivity contribution in [3.05, 3.63) is 64.2 Å². The zero-order valence-electron chi connectivity index (χ0n) is 17.6. The van der Waals surface area contributed by atoms with E-state index in [2.05, 4.69) is 20.8 Å². The molecule has 2 heterocycles. The zero-order chi connectivity index (χ0) is 23.1. The molecule has 0 saturated heterocycles. The Morgan fingerprint density at radius 3 is 2.62 bits per heavy atom. The molecule has 0 unspecified atom stereocenters. The van der Waals surface area contributed by atoms with Gasteiger partial charge in [-0.3, -0.25) is 24.4 Å². The molecule has 2 N–H and O–H groups in total. The van der Waals surface area contributed by atoms with Gasteiger partial charge in [0.2, 0.25) is 0 Å². The first-order chi connectivity index (χ1) is 15.4. The molecule has 0 fully saturated rings. The number of anilines is 1. The Morgan fingerprint density at radius 2 is 1.91 bits per heavy atom. The van der Waals surface area contributed by atoms with Crippen LogP contribution in [0.1, 0.15) is 41.2 Å². The van der Waals surface area contributed by atoms with Gasteiger partial charge in [-0.15, -0.1) is 0 Å². The molecule has 0 aliphatic heterocycles. The molecular formula is C20H23N7O5. The van der Waals surface area contributed by atoms with Gasteiger partial charge in [-0.25, -0.2) is 4.68 Å². The van der Waals surface area contributed by atoms with Crippen LogP contribution < -0.4 is 15.4 Å². The number of carbonyl (C=O) groups is 2. The van der Waals surface area contributed by atoms with Crippen molar-refractivity contribution in [2.45, 2.75) is 33.5 Å². The minimum atomic E-state index is -0.540. The van der Waals surface area contributed by atoms with Gasteiger partial charge < -0.3 is 15.4 Å². The van der Waals surface area contributed by atoms with Crippen LogP contribution in [0.4, 0.5) is 11.4 Å². The van der Waals surface area contributed by atoms with Crippen molar-refractivity contribution in [3.8, 4) is 5.75 Å². The molecule has 3 rings (SSSR count). The zero-order valence-corrected chi connectivity index (χ0v) is 17.6. The third kappa shape index (κ3) is 5.28. The van der Waals surface area contributed by atoms with E-state index in [1.807, 2.05) is 13.8 Å². The minimum absolute atomic E-state index is 0.0836. The van der Waals surface area contributed by atoms with Crippen LogP contribution in [-0.4, -0.2) is 42.8 Å². The second-order valence-corrected chi connectivity index (χ2v) is 6.70. The molecule has 12 nitrogen and oxygen atoms in total. The third-order valence-electron chi connectivity index (χ3n) is 4.37. The first kappa shape index (κ1) is 22.5. The summed E-state index contributed by atoms with van der Waals surface area (Å²) in [6, 6.07) is 7.45. The van der Waals surface area contributed by atoms with Gasteiger partial charge in [0.05, 0.1) is 10.6 Å². The summed E-state index contributed by atoms with van der Waals surface area (Å²) in [7, 11) is 0. The molecule has 1 aromatic carbocycles. The number of para-hydroxylation sites is 2. The molecule has 0 aliphatic rings. The van der Waals surface area contributed by atoms with E-state index in [1.54, 1.807) is 23.0 Å². The molecule has 168 valence electrons. The van der Waals surface area contributed by atoms with Crippen molar-refractivity contribution in [2.24, 2.45) is 0 Å². The Balaban J connectivity index is 1.68. The SMILES string of the molecule is CCCNC(=O)c1nn(CC)cc1NC(=O)c1ccn(COc2ccccc2[N+](=O)[O-])n1. The summed E-state index contributed by atoms with van der Waals surface area (Å²) in [6.45, 7) is 4.70. The van der Waals surface area contributed by atoms with Gasteiger partial charge in [0.1, 0.15) is 0 Å². The fourth-order valence-electron chi connectivity index (χ4n) is 2.77. The van der Waals surface area contributed by atoms with Crippen molar-refractivity contribution < 1.29 is 19.2 Å². The first-order valence-corrected chi connectivity index (χ1v) is 9.99. The van der Waals surface area contributed by atoms with E-state index in [-0.39, 0.29) is 41.2 Å². The van der Waals surface area contributed by atoms with Crippen LogP contribution >= 0.6 is 0 Å². The normalized spacial score (nSPS) is 10.6. The van der Waals surface area contributed by atoms with E-state index in [4.69, 9.17) is 4.74 Å². The van der Waals surface area contributed by atoms with Crippen molar-refractivity contribution in [2.75, 3.05) is 11.9 Å². The Hall–Kier alpha value is -4.22. The number of hydrogen-bond acceptors (Lipinski definition) is 7. The second kappa shape index (κ2) is 10.2. The highest BCUT2D eigenvalue weighted by molar-refractivity contribution is 6.07. The van der Waals surface area contributed by atoms with Crippen molar-refractivity contribution >= 4 is 23.2 Å². The molecule has 32 heavy (non-hydrogen) atoms. The van der Waals surface area contributed by atoms with Crippen LogP contribution in [0.5, 0.6) is 5.75 Å². The molecule has 0 spiro atoms. The van der Waals surface area contributed by atoms with Gasteiger partial charge in [-0.2, -0.15) is 10.2 Å². The number of aromatic nitrogens is 4. The number of nitrogens with zero attached hydrogens (tertiary/aromatic N) is 5. The lowest BCUT2D eigenvalue weighted by Crippen LogP contribution is -2.26. The van der Waals surface area contributed by atoms with E-state index in [0.717, 1.165) is 6.42 Å². The molecule has 12 heteroatoms. The smallest absolute Gasteiger partial charge is 0.311 e. The Labute approximate surface area is 183 Å². The maximum absolute atomic E-state index is 12.6. The van der Waals surface area contributed by atoms with Crippen molar-refractivity contribution in [1.82, 2.24) is 24.9 Å². The number of benzene rings is 1. The molecule has 2 amide bonds. The Bertz CT molecular complexity index is 1120. The number of rotatable bonds is 10. The van der Waals surface area contributed by atoms with Crippen LogP contribution in [0.15, 0.2) is 42.7 Å². The predicted octanol–water partition coefficient (Wildman–Crippen LogP) is 2.44. The molecular weight excluding hydrogens is 418 g/mol. The van der Waals surface area contributed by atoms with Crippen LogP contribution in [0.3, 0.4) is 0 Å². The van der Waals surface area contributed by atoms with Crippen LogP contribution in [0.2, 0.25) is 0 Å². The van der Waals surface area contributed by atoms with Crippen LogP contribution in [-0.2, 0) is 13.3 Å². The van der Waals surface area contributed by atoms with E-state index in [9.17, 15) is 19.7 Å². The van der Waals surface area contributed by atoms with Gasteiger partial charge in [0, 0.05) is 31.5 Å². The summed E-state index contributed by atoms with van der Waals surface area (Å²) < 4.78 is 8.34. The maximum Gasteiger partial charge on any atom is 0.311 e. The largest absolute Gasteiger partial charge is 0.464 e. The standard InChI is InChI=1S/C20H23N7O5/c1-3-10-21-20(29)18-15(12-25(4-2)24-18)22-19(28)14-9-11-26(23-14)13-32-17-8-6-5-7-16(17)27(30)31/h5-9,11-12H,3-4,10,13H2,1-2H3,(H,21,29)(H,22,28). The number of amides is 2. The van der Waals surface area contributed by atoms with Gasteiger partial charge in [0.15, 0.2) is 23.9 Å². The van der Waals surface area contributed by atoms with E-state index >= 15 is 0 Å². The molecule has 2 aromatic heterocycles. The van der Waals surface area contributed by atoms with Gasteiger partial charge in [-0.05, 0) is 25.5 Å². The molecule has 0 aliphatic carbocycles. The van der Waals surface area contributed by atoms with Crippen LogP contribution in [0, 0.1) is 10.1 Å². The first-order valence-electron chi connectivity index (χ1n) is 9.99. The second-order valence-electron chi connectivity index (χ2n) is 6.70. The lowest BCUT2D eigenvalue weighted by Gasteiger charge is -2.06. The minimum Gasteiger partial charge on any atom is -0.464 e. The van der Waals surface area contributed by atoms with Crippen molar-refractivity contribution in [1.29, 1.82) is 0 Å². The Morgan fingerprint density at radius 1 is 1.12 bits per heavy atom. The Kier molecular flexibility index (Phi) is 7.16. The average Bonchev–Trinajstić information content (AvgIpc) is 3.43. The quantitative estimate of drug-likeness (QED) is 0.363. The fraction of sp³-hybridized carbons (Fsp3) is 0.300. The summed E-state index contributed by atoms with van der Waals surface area (Å²) in [5.41, 5.74) is 0.309. The number of aryl methyl sites for hydroxylation is 1. The summed E-state index contributed by atoms with van der Waals surface area (Å²) in [6.07, 6.45) is 3.86. The lowest BCUT2D eigenvalue weighted by atomic mass is 10.3. The number of hydrogen-bond donors (Lipinski definition) is 2. The van der Waals surface area contributed by atoms with Gasteiger partial charge in [-0.1, -0.05) is 19.1 Å². The van der Waals surface area contributed by atoms with E-state index in [1.165, 1.54) is 29.1 Å². The average molecular weight is 441 g/mol. The summed E-state index contributed by atoms with van der Waals surface area (Å²) in [5.74, 6) is -0.818. The molecule has 0 bridgehead atoms. The van der Waals surface area contributed by atoms with Gasteiger partial charge >= 0.3 is 5.69 Å². The van der Waals surface area contributed by atoms with Crippen molar-refractivity contribution in [3.63, 3.8) is 0 Å². The number of carbonyl (C=O) groups excluding carboxylic acids is 2. The fourth-order valence-corrected chi connectivity index (χ4v) is 2.77. The third-order valence-corrected chi connectivity index (χ3v) is 4.37. The highest BCUT2D eigenvalue weighted by Gasteiger charge is 2.20. The molecule has 0 radical (unpaired) electrons. The molecule has 0 atom stereocenters. The monoisotopic (exact) mass is 441 g/mol. The molecule has 0 saturated carbocycles. The topological polar surface area (TPSA) is 146 Å². The summed E-state index contributed by atoms with van der Waals surface area (Å²) >= 11 is 0. The van der Waals surface area contributed by atoms with E-state index in [0.29, 0.717) is 13.1 Å². The number of nitro benzene ring substituents is 1. The molecule has 3 aromatic rings. The number of nitrogens with one attached hydrogen (secondary N) is 2.